The average Bonchev–Trinajstić information content (AvgIpc) is 3.06. The lowest BCUT2D eigenvalue weighted by Gasteiger charge is -2.33. The summed E-state index contributed by atoms with van der Waals surface area (Å²) in [5.74, 6) is 0. The van der Waals surface area contributed by atoms with Crippen molar-refractivity contribution in [1.82, 2.24) is 0 Å². The highest BCUT2D eigenvalue weighted by Gasteiger charge is 2.44. The number of nitrogens with two attached hydrogens (primary N) is 1. The number of fused-ring (bicyclic) bond motifs is 1. The number of rotatable bonds is 3. The molecule has 1 aromatic carbocycles. The molecule has 1 aliphatic carbocycles. The van der Waals surface area contributed by atoms with Gasteiger partial charge in [0, 0.05) is 17.5 Å². The molecule has 1 aliphatic rings. The van der Waals surface area contributed by atoms with Gasteiger partial charge < -0.3 is 15.3 Å². The molecule has 0 amide bonds. The Hall–Kier alpha value is -1.58. The molecular weight excluding hydrogens is 226 g/mol. The molecule has 0 saturated heterocycles. The minimum absolute atomic E-state index is 0.375. The van der Waals surface area contributed by atoms with E-state index in [0.717, 1.165) is 18.4 Å². The number of aliphatic hydroxyl groups excluding tert-OH is 1. The van der Waals surface area contributed by atoms with Crippen molar-refractivity contribution in [2.75, 3.05) is 6.54 Å². The smallest absolute Gasteiger partial charge is 0.0960 e. The van der Waals surface area contributed by atoms with Crippen LogP contribution in [0.2, 0.25) is 0 Å². The van der Waals surface area contributed by atoms with Crippen LogP contribution in [0.15, 0.2) is 47.3 Å². The molecule has 3 nitrogen and oxygen atoms in total. The van der Waals surface area contributed by atoms with E-state index < -0.39 is 6.10 Å². The molecule has 3 rings (SSSR count). The number of aryl methyl sites for hydroxylation is 1. The van der Waals surface area contributed by atoms with Crippen molar-refractivity contribution in [3.8, 4) is 0 Å². The molecule has 3 heteroatoms. The van der Waals surface area contributed by atoms with Gasteiger partial charge in [-0.3, -0.25) is 0 Å². The van der Waals surface area contributed by atoms with Crippen molar-refractivity contribution in [3.05, 3.63) is 59.5 Å². The summed E-state index contributed by atoms with van der Waals surface area (Å²) in [6.07, 6.45) is 4.44. The van der Waals surface area contributed by atoms with Crippen molar-refractivity contribution in [1.29, 1.82) is 0 Å². The van der Waals surface area contributed by atoms with Crippen LogP contribution in [0.1, 0.15) is 29.2 Å². The van der Waals surface area contributed by atoms with E-state index >= 15 is 0 Å². The number of hydrogen-bond donors (Lipinski definition) is 2. The SMILES string of the molecule is NCC1(C(O)c2ccoc2)CCc2ccccc21. The Labute approximate surface area is 106 Å². The van der Waals surface area contributed by atoms with Gasteiger partial charge in [0.25, 0.3) is 0 Å². The summed E-state index contributed by atoms with van der Waals surface area (Å²) in [5.41, 5.74) is 8.91. The van der Waals surface area contributed by atoms with Crippen molar-refractivity contribution < 1.29 is 9.52 Å². The predicted molar refractivity (Wildman–Crippen MR) is 69.2 cm³/mol. The van der Waals surface area contributed by atoms with Crippen LogP contribution < -0.4 is 5.73 Å². The molecule has 0 spiro atoms. The van der Waals surface area contributed by atoms with Crippen LogP contribution >= 0.6 is 0 Å². The summed E-state index contributed by atoms with van der Waals surface area (Å²) in [4.78, 5) is 0. The zero-order chi connectivity index (χ0) is 12.6. The molecule has 0 bridgehead atoms. The summed E-state index contributed by atoms with van der Waals surface area (Å²) in [6.45, 7) is 0.441. The van der Waals surface area contributed by atoms with Gasteiger partial charge in [0.15, 0.2) is 0 Å². The summed E-state index contributed by atoms with van der Waals surface area (Å²) in [7, 11) is 0. The highest BCUT2D eigenvalue weighted by Crippen LogP contribution is 2.46. The molecule has 0 fully saturated rings. The van der Waals surface area contributed by atoms with E-state index in [1.165, 1.54) is 11.1 Å². The Balaban J connectivity index is 2.07. The Morgan fingerprint density at radius 3 is 2.89 bits per heavy atom. The van der Waals surface area contributed by atoms with Crippen LogP contribution in [0.4, 0.5) is 0 Å². The third-order valence-corrected chi connectivity index (χ3v) is 4.14. The summed E-state index contributed by atoms with van der Waals surface area (Å²) >= 11 is 0. The lowest BCUT2D eigenvalue weighted by atomic mass is 9.75. The average molecular weight is 243 g/mol. The van der Waals surface area contributed by atoms with Gasteiger partial charge >= 0.3 is 0 Å². The van der Waals surface area contributed by atoms with Gasteiger partial charge in [-0.15, -0.1) is 0 Å². The van der Waals surface area contributed by atoms with E-state index in [1.54, 1.807) is 12.5 Å². The van der Waals surface area contributed by atoms with E-state index in [-0.39, 0.29) is 5.41 Å². The molecule has 18 heavy (non-hydrogen) atoms. The maximum atomic E-state index is 10.7. The lowest BCUT2D eigenvalue weighted by molar-refractivity contribution is 0.0835. The minimum atomic E-state index is -0.607. The highest BCUT2D eigenvalue weighted by molar-refractivity contribution is 5.42. The zero-order valence-corrected chi connectivity index (χ0v) is 10.2. The summed E-state index contributed by atoms with van der Waals surface area (Å²) in [5, 5.41) is 10.7. The molecule has 3 N–H and O–H groups in total. The fourth-order valence-electron chi connectivity index (χ4n) is 3.07. The van der Waals surface area contributed by atoms with Crippen molar-refractivity contribution in [3.63, 3.8) is 0 Å². The van der Waals surface area contributed by atoms with Crippen LogP contribution in [0.25, 0.3) is 0 Å². The van der Waals surface area contributed by atoms with E-state index in [4.69, 9.17) is 10.2 Å². The molecule has 1 aromatic heterocycles. The molecular formula is C15H17NO2. The second kappa shape index (κ2) is 4.26. The predicted octanol–water partition coefficient (Wildman–Crippen LogP) is 2.16. The molecule has 2 aromatic rings. The first-order valence-corrected chi connectivity index (χ1v) is 6.26. The van der Waals surface area contributed by atoms with Crippen LogP contribution in [0, 0.1) is 0 Å². The van der Waals surface area contributed by atoms with E-state index in [9.17, 15) is 5.11 Å². The highest BCUT2D eigenvalue weighted by atomic mass is 16.3. The quantitative estimate of drug-likeness (QED) is 0.868. The number of hydrogen-bond acceptors (Lipinski definition) is 3. The molecule has 2 atom stereocenters. The molecule has 0 aliphatic heterocycles. The van der Waals surface area contributed by atoms with Gasteiger partial charge in [-0.05, 0) is 30.0 Å². The van der Waals surface area contributed by atoms with E-state index in [2.05, 4.69) is 12.1 Å². The topological polar surface area (TPSA) is 59.4 Å². The zero-order valence-electron chi connectivity index (χ0n) is 10.2. The second-order valence-corrected chi connectivity index (χ2v) is 4.98. The first kappa shape index (κ1) is 11.5. The monoisotopic (exact) mass is 243 g/mol. The van der Waals surface area contributed by atoms with Gasteiger partial charge in [0.05, 0.1) is 18.6 Å². The Bertz CT molecular complexity index is 535. The third-order valence-electron chi connectivity index (χ3n) is 4.14. The number of aliphatic hydroxyl groups is 1. The Kier molecular flexibility index (Phi) is 2.73. The maximum Gasteiger partial charge on any atom is 0.0960 e. The van der Waals surface area contributed by atoms with E-state index in [1.807, 2.05) is 18.2 Å². The largest absolute Gasteiger partial charge is 0.472 e. The minimum Gasteiger partial charge on any atom is -0.472 e. The summed E-state index contributed by atoms with van der Waals surface area (Å²) in [6, 6.07) is 10.1. The van der Waals surface area contributed by atoms with Gasteiger partial charge in [0.1, 0.15) is 0 Å². The van der Waals surface area contributed by atoms with Gasteiger partial charge in [-0.1, -0.05) is 24.3 Å². The lowest BCUT2D eigenvalue weighted by Crippen LogP contribution is -2.39. The fraction of sp³-hybridized carbons (Fsp3) is 0.333. The fourth-order valence-corrected chi connectivity index (χ4v) is 3.07. The first-order valence-electron chi connectivity index (χ1n) is 6.26. The maximum absolute atomic E-state index is 10.7. The normalized spacial score (nSPS) is 23.9. The first-order chi connectivity index (χ1) is 8.78. The van der Waals surface area contributed by atoms with Crippen LogP contribution in [0.3, 0.4) is 0 Å². The molecule has 0 saturated carbocycles. The van der Waals surface area contributed by atoms with Crippen LogP contribution in [-0.2, 0) is 11.8 Å². The summed E-state index contributed by atoms with van der Waals surface area (Å²) < 4.78 is 5.07. The van der Waals surface area contributed by atoms with Crippen LogP contribution in [-0.4, -0.2) is 11.7 Å². The van der Waals surface area contributed by atoms with Gasteiger partial charge in [-0.2, -0.15) is 0 Å². The molecule has 1 heterocycles. The Morgan fingerprint density at radius 1 is 1.33 bits per heavy atom. The molecule has 0 radical (unpaired) electrons. The molecule has 2 unspecified atom stereocenters. The van der Waals surface area contributed by atoms with Crippen molar-refractivity contribution >= 4 is 0 Å². The van der Waals surface area contributed by atoms with Crippen LogP contribution in [0.5, 0.6) is 0 Å². The number of benzene rings is 1. The Morgan fingerprint density at radius 2 is 2.17 bits per heavy atom. The van der Waals surface area contributed by atoms with E-state index in [0.29, 0.717) is 6.54 Å². The molecule has 94 valence electrons. The van der Waals surface area contributed by atoms with Gasteiger partial charge in [0.2, 0.25) is 0 Å². The standard InChI is InChI=1S/C15H17NO2/c16-10-15(14(17)12-6-8-18-9-12)7-5-11-3-1-2-4-13(11)15/h1-4,6,8-9,14,17H,5,7,10,16H2. The third kappa shape index (κ3) is 1.51. The van der Waals surface area contributed by atoms with Crippen molar-refractivity contribution in [2.24, 2.45) is 5.73 Å². The number of furan rings is 1. The second-order valence-electron chi connectivity index (χ2n) is 4.98. The van der Waals surface area contributed by atoms with Gasteiger partial charge in [-0.25, -0.2) is 0 Å². The van der Waals surface area contributed by atoms with Crippen molar-refractivity contribution in [2.45, 2.75) is 24.4 Å².